The van der Waals surface area contributed by atoms with Gasteiger partial charge in [0.25, 0.3) is 0 Å². The first-order chi connectivity index (χ1) is 18.4. The number of esters is 1. The summed E-state index contributed by atoms with van der Waals surface area (Å²) < 4.78 is 37.0. The summed E-state index contributed by atoms with van der Waals surface area (Å²) >= 11 is 5.92. The maximum absolute atomic E-state index is 13.8. The minimum Gasteiger partial charge on any atom is -0.465 e. The smallest absolute Gasteiger partial charge is 0.459 e. The summed E-state index contributed by atoms with van der Waals surface area (Å²) in [5, 5.41) is 23.8. The van der Waals surface area contributed by atoms with Crippen LogP contribution in [0.15, 0.2) is 41.3 Å². The van der Waals surface area contributed by atoms with Crippen molar-refractivity contribution in [2.75, 3.05) is 18.9 Å². The summed E-state index contributed by atoms with van der Waals surface area (Å²) in [6.07, 6.45) is -1.18. The predicted octanol–water partition coefficient (Wildman–Crippen LogP) is 2.79. The van der Waals surface area contributed by atoms with Crippen LogP contribution in [0.4, 0.5) is 5.82 Å². The first kappa shape index (κ1) is 30.6. The number of unbranched alkanes of at least 4 members (excludes halogenated alkanes) is 1. The predicted molar refractivity (Wildman–Crippen MR) is 141 cm³/mol. The Labute approximate surface area is 230 Å². The molecule has 0 aliphatic carbocycles. The van der Waals surface area contributed by atoms with Gasteiger partial charge in [0, 0.05) is 11.2 Å². The minimum atomic E-state index is -4.31. The molecule has 1 aliphatic heterocycles. The SMILES string of the molecule is CCCCOC(=O)C(C)NP(=O)(OCC1OC(n2ccc(N)nc2=O)C(C)(C#N)C1O)Oc1ccc(Cl)cc1. The summed E-state index contributed by atoms with van der Waals surface area (Å²) in [5.74, 6) is -0.576. The van der Waals surface area contributed by atoms with Gasteiger partial charge in [-0.2, -0.15) is 15.3 Å². The second kappa shape index (κ2) is 12.9. The molecular formula is C24H31ClN5O8P. The molecule has 0 bridgehead atoms. The molecule has 39 heavy (non-hydrogen) atoms. The van der Waals surface area contributed by atoms with Crippen LogP contribution in [0.2, 0.25) is 5.02 Å². The molecule has 0 saturated carbocycles. The molecule has 2 aromatic rings. The lowest BCUT2D eigenvalue weighted by molar-refractivity contribution is -0.145. The Kier molecular flexibility index (Phi) is 10.1. The number of aliphatic hydroxyl groups excluding tert-OH is 1. The van der Waals surface area contributed by atoms with Crippen LogP contribution >= 0.6 is 19.3 Å². The van der Waals surface area contributed by atoms with E-state index in [-0.39, 0.29) is 18.2 Å². The zero-order chi connectivity index (χ0) is 28.8. The third-order valence-corrected chi connectivity index (χ3v) is 7.92. The number of nitrogens with two attached hydrogens (primary N) is 1. The largest absolute Gasteiger partial charge is 0.465 e. The van der Waals surface area contributed by atoms with Gasteiger partial charge in [-0.05, 0) is 50.6 Å². The van der Waals surface area contributed by atoms with Crippen molar-refractivity contribution < 1.29 is 33.0 Å². The number of nitrogens with one attached hydrogen (secondary N) is 1. The van der Waals surface area contributed by atoms with E-state index in [0.29, 0.717) is 11.4 Å². The van der Waals surface area contributed by atoms with Crippen LogP contribution in [-0.2, 0) is 23.4 Å². The lowest BCUT2D eigenvalue weighted by Crippen LogP contribution is -2.40. The molecule has 212 valence electrons. The monoisotopic (exact) mass is 583 g/mol. The highest BCUT2D eigenvalue weighted by atomic mass is 35.5. The summed E-state index contributed by atoms with van der Waals surface area (Å²) in [7, 11) is -4.31. The van der Waals surface area contributed by atoms with Gasteiger partial charge in [0.15, 0.2) is 6.23 Å². The van der Waals surface area contributed by atoms with Crippen molar-refractivity contribution in [2.24, 2.45) is 5.41 Å². The maximum atomic E-state index is 13.8. The summed E-state index contributed by atoms with van der Waals surface area (Å²) in [5.41, 5.74) is 3.15. The number of hydrogen-bond donors (Lipinski definition) is 3. The van der Waals surface area contributed by atoms with Crippen LogP contribution in [0.1, 0.15) is 39.8 Å². The van der Waals surface area contributed by atoms with Crippen LogP contribution in [-0.4, -0.2) is 52.1 Å². The molecule has 13 nitrogen and oxygen atoms in total. The summed E-state index contributed by atoms with van der Waals surface area (Å²) in [6.45, 7) is 4.43. The number of aromatic nitrogens is 2. The first-order valence-electron chi connectivity index (χ1n) is 12.2. The fourth-order valence-electron chi connectivity index (χ4n) is 3.75. The van der Waals surface area contributed by atoms with E-state index in [1.807, 2.05) is 13.0 Å². The van der Waals surface area contributed by atoms with E-state index < -0.39 is 55.9 Å². The zero-order valence-corrected chi connectivity index (χ0v) is 23.3. The van der Waals surface area contributed by atoms with Gasteiger partial charge in [-0.25, -0.2) is 9.36 Å². The van der Waals surface area contributed by atoms with Crippen LogP contribution in [0.5, 0.6) is 5.75 Å². The van der Waals surface area contributed by atoms with Crippen LogP contribution in [0, 0.1) is 16.7 Å². The Balaban J connectivity index is 1.81. The number of anilines is 1. The molecule has 3 rings (SSSR count). The number of carbonyl (C=O) groups excluding carboxylic acids is 1. The molecule has 6 unspecified atom stereocenters. The molecule has 0 radical (unpaired) electrons. The topological polar surface area (TPSA) is 188 Å². The summed E-state index contributed by atoms with van der Waals surface area (Å²) in [4.78, 5) is 28.4. The molecule has 2 heterocycles. The zero-order valence-electron chi connectivity index (χ0n) is 21.7. The molecule has 1 aromatic carbocycles. The number of nitriles is 1. The number of rotatable bonds is 12. The quantitative estimate of drug-likeness (QED) is 0.188. The van der Waals surface area contributed by atoms with Crippen molar-refractivity contribution in [1.29, 1.82) is 5.26 Å². The summed E-state index contributed by atoms with van der Waals surface area (Å²) in [6, 6.07) is 8.16. The number of halogens is 1. The second-order valence-electron chi connectivity index (χ2n) is 9.12. The Hall–Kier alpha value is -2.98. The number of carbonyl (C=O) groups is 1. The van der Waals surface area contributed by atoms with E-state index >= 15 is 0 Å². The first-order valence-corrected chi connectivity index (χ1v) is 14.1. The Morgan fingerprint density at radius 1 is 1.41 bits per heavy atom. The molecule has 6 atom stereocenters. The van der Waals surface area contributed by atoms with Gasteiger partial charge < -0.3 is 24.8 Å². The molecular weight excluding hydrogens is 553 g/mol. The molecule has 15 heteroatoms. The highest BCUT2D eigenvalue weighted by Crippen LogP contribution is 2.49. The Morgan fingerprint density at radius 3 is 2.72 bits per heavy atom. The molecule has 1 aliphatic rings. The maximum Gasteiger partial charge on any atom is 0.459 e. The third kappa shape index (κ3) is 7.36. The Morgan fingerprint density at radius 2 is 2.10 bits per heavy atom. The lowest BCUT2D eigenvalue weighted by Gasteiger charge is -2.26. The average molecular weight is 584 g/mol. The van der Waals surface area contributed by atoms with E-state index in [4.69, 9.17) is 35.9 Å². The van der Waals surface area contributed by atoms with Crippen molar-refractivity contribution in [2.45, 2.75) is 58.1 Å². The fourth-order valence-corrected chi connectivity index (χ4v) is 5.38. The van der Waals surface area contributed by atoms with Gasteiger partial charge in [0.1, 0.15) is 35.2 Å². The van der Waals surface area contributed by atoms with Crippen molar-refractivity contribution in [3.63, 3.8) is 0 Å². The number of aliphatic hydroxyl groups is 1. The number of nitrogen functional groups attached to an aromatic ring is 1. The van der Waals surface area contributed by atoms with Crippen molar-refractivity contribution in [1.82, 2.24) is 14.6 Å². The van der Waals surface area contributed by atoms with E-state index in [9.17, 15) is 24.5 Å². The number of hydrogen-bond acceptors (Lipinski definition) is 11. The lowest BCUT2D eigenvalue weighted by atomic mass is 9.84. The van der Waals surface area contributed by atoms with Crippen molar-refractivity contribution in [3.8, 4) is 11.8 Å². The van der Waals surface area contributed by atoms with Gasteiger partial charge in [-0.1, -0.05) is 24.9 Å². The second-order valence-corrected chi connectivity index (χ2v) is 11.2. The highest BCUT2D eigenvalue weighted by molar-refractivity contribution is 7.52. The van der Waals surface area contributed by atoms with Gasteiger partial charge in [-0.3, -0.25) is 13.9 Å². The van der Waals surface area contributed by atoms with Crippen LogP contribution < -0.4 is 21.0 Å². The highest BCUT2D eigenvalue weighted by Gasteiger charge is 2.55. The van der Waals surface area contributed by atoms with E-state index in [0.717, 1.165) is 11.0 Å². The standard InChI is InChI=1S/C24H31ClN5O8P/c1-4-5-12-35-21(32)15(2)29-39(34,38-17-8-6-16(25)7-9-17)36-13-18-20(31)24(3,14-26)22(37-18)30-11-10-19(27)28-23(30)33/h6-11,15,18,20,22,31H,4-5,12-13H2,1-3H3,(H,29,34)(H2,27,28,33). The molecule has 1 saturated heterocycles. The normalized spacial score (nSPS) is 24.9. The van der Waals surface area contributed by atoms with Crippen molar-refractivity contribution >= 4 is 31.1 Å². The Bertz CT molecular complexity index is 1300. The van der Waals surface area contributed by atoms with Crippen molar-refractivity contribution in [3.05, 3.63) is 52.0 Å². The molecule has 0 amide bonds. The number of benzene rings is 1. The van der Waals surface area contributed by atoms with Gasteiger partial charge in [0.05, 0.1) is 19.3 Å². The molecule has 1 fully saturated rings. The van der Waals surface area contributed by atoms with E-state index in [2.05, 4.69) is 10.1 Å². The molecule has 4 N–H and O–H groups in total. The fraction of sp³-hybridized carbons (Fsp3) is 0.500. The van der Waals surface area contributed by atoms with Crippen LogP contribution in [0.3, 0.4) is 0 Å². The molecule has 1 aromatic heterocycles. The van der Waals surface area contributed by atoms with Gasteiger partial charge >= 0.3 is 19.4 Å². The average Bonchev–Trinajstić information content (AvgIpc) is 3.14. The van der Waals surface area contributed by atoms with Gasteiger partial charge in [-0.15, -0.1) is 0 Å². The number of ether oxygens (including phenoxy) is 2. The number of nitrogens with zero attached hydrogens (tertiary/aromatic N) is 3. The molecule has 0 spiro atoms. The third-order valence-electron chi connectivity index (χ3n) is 6.02. The minimum absolute atomic E-state index is 0.0259. The van der Waals surface area contributed by atoms with Gasteiger partial charge in [0.2, 0.25) is 0 Å². The van der Waals surface area contributed by atoms with E-state index in [1.165, 1.54) is 50.4 Å². The van der Waals surface area contributed by atoms with Crippen LogP contribution in [0.25, 0.3) is 0 Å². The van der Waals surface area contributed by atoms with E-state index in [1.54, 1.807) is 0 Å².